The molecule has 186 valence electrons. The lowest BCUT2D eigenvalue weighted by atomic mass is 10.2. The Bertz CT molecular complexity index is 1670. The number of anilines is 3. The van der Waals surface area contributed by atoms with E-state index in [1.54, 1.807) is 30.2 Å². The highest BCUT2D eigenvalue weighted by Crippen LogP contribution is 2.33. The number of nitrogens with one attached hydrogen (secondary N) is 1. The normalized spacial score (nSPS) is 18.7. The van der Waals surface area contributed by atoms with E-state index in [0.717, 1.165) is 24.2 Å². The molecule has 0 amide bonds. The Kier molecular flexibility index (Phi) is 4.93. The summed E-state index contributed by atoms with van der Waals surface area (Å²) in [5.74, 6) is 1.88. The van der Waals surface area contributed by atoms with E-state index in [4.69, 9.17) is 14.5 Å². The van der Waals surface area contributed by atoms with Crippen molar-refractivity contribution in [3.8, 4) is 11.5 Å². The molecule has 3 aromatic heterocycles. The summed E-state index contributed by atoms with van der Waals surface area (Å²) in [4.78, 5) is 24.6. The van der Waals surface area contributed by atoms with Crippen molar-refractivity contribution < 1.29 is 13.9 Å². The van der Waals surface area contributed by atoms with Crippen LogP contribution in [0.5, 0.6) is 11.5 Å². The number of halogens is 1. The van der Waals surface area contributed by atoms with Crippen LogP contribution < -0.4 is 15.0 Å². The third kappa shape index (κ3) is 3.78. The highest BCUT2D eigenvalue weighted by atomic mass is 19.1. The molecule has 2 aliphatic rings. The van der Waals surface area contributed by atoms with E-state index in [1.165, 1.54) is 12.4 Å². The first kappa shape index (κ1) is 21.9. The maximum atomic E-state index is 14.6. The summed E-state index contributed by atoms with van der Waals surface area (Å²) >= 11 is 0. The van der Waals surface area contributed by atoms with Gasteiger partial charge in [-0.2, -0.15) is 0 Å². The van der Waals surface area contributed by atoms with E-state index < -0.39 is 0 Å². The molecule has 5 aromatic rings. The zero-order chi connectivity index (χ0) is 25.1. The minimum atomic E-state index is -0.380. The van der Waals surface area contributed by atoms with Crippen molar-refractivity contribution >= 4 is 39.5 Å². The predicted octanol–water partition coefficient (Wildman–Crippen LogP) is 4.27. The van der Waals surface area contributed by atoms with E-state index in [1.807, 2.05) is 25.1 Å². The van der Waals surface area contributed by atoms with Crippen LogP contribution in [-0.2, 0) is 11.8 Å². The van der Waals surface area contributed by atoms with Crippen LogP contribution in [0.4, 0.5) is 21.8 Å². The number of imidazole rings is 1. The Balaban J connectivity index is 1.15. The summed E-state index contributed by atoms with van der Waals surface area (Å²) in [6.45, 7) is 3.43. The van der Waals surface area contributed by atoms with E-state index in [2.05, 4.69) is 30.2 Å². The quantitative estimate of drug-likeness (QED) is 0.381. The molecule has 5 heterocycles. The second kappa shape index (κ2) is 8.34. The molecule has 10 nitrogen and oxygen atoms in total. The zero-order valence-electron chi connectivity index (χ0n) is 20.2. The van der Waals surface area contributed by atoms with Crippen LogP contribution in [-0.4, -0.2) is 54.8 Å². The van der Waals surface area contributed by atoms with Crippen LogP contribution in [0.15, 0.2) is 49.2 Å². The molecule has 0 saturated carbocycles. The molecule has 2 bridgehead atoms. The van der Waals surface area contributed by atoms with E-state index in [0.29, 0.717) is 58.0 Å². The second-order valence-corrected chi connectivity index (χ2v) is 9.46. The van der Waals surface area contributed by atoms with Gasteiger partial charge in [-0.1, -0.05) is 0 Å². The fraction of sp³-hybridized carbons (Fsp3) is 0.269. The van der Waals surface area contributed by atoms with E-state index >= 15 is 0 Å². The van der Waals surface area contributed by atoms with Crippen LogP contribution in [0, 0.1) is 12.7 Å². The summed E-state index contributed by atoms with van der Waals surface area (Å²) in [6.07, 6.45) is 6.06. The first-order valence-electron chi connectivity index (χ1n) is 12.0. The van der Waals surface area contributed by atoms with Crippen LogP contribution in [0.3, 0.4) is 0 Å². The molecule has 7 rings (SSSR count). The maximum absolute atomic E-state index is 14.6. The van der Waals surface area contributed by atoms with Crippen molar-refractivity contribution in [3.63, 3.8) is 0 Å². The third-order valence-corrected chi connectivity index (χ3v) is 6.93. The Morgan fingerprint density at radius 2 is 2.03 bits per heavy atom. The van der Waals surface area contributed by atoms with E-state index in [9.17, 15) is 4.39 Å². The molecule has 37 heavy (non-hydrogen) atoms. The van der Waals surface area contributed by atoms with Gasteiger partial charge in [0.25, 0.3) is 0 Å². The molecule has 0 spiro atoms. The van der Waals surface area contributed by atoms with E-state index in [-0.39, 0.29) is 11.9 Å². The monoisotopic (exact) mass is 498 g/mol. The maximum Gasteiger partial charge on any atom is 0.226 e. The lowest BCUT2D eigenvalue weighted by Crippen LogP contribution is -2.38. The van der Waals surface area contributed by atoms with Gasteiger partial charge in [0.05, 0.1) is 36.8 Å². The highest BCUT2D eigenvalue weighted by Gasteiger charge is 2.40. The van der Waals surface area contributed by atoms with Crippen LogP contribution in [0.25, 0.3) is 22.1 Å². The lowest BCUT2D eigenvalue weighted by molar-refractivity contribution is 0.0986. The number of benzene rings is 2. The molecule has 0 aliphatic carbocycles. The number of nitrogens with zero attached hydrogens (tertiary/aromatic N) is 7. The smallest absolute Gasteiger partial charge is 0.226 e. The average Bonchev–Trinajstić information content (AvgIpc) is 3.62. The Labute approximate surface area is 211 Å². The van der Waals surface area contributed by atoms with Crippen LogP contribution in [0.2, 0.25) is 0 Å². The number of hydrogen-bond donors (Lipinski definition) is 1. The molecule has 1 N–H and O–H groups in total. The fourth-order valence-electron chi connectivity index (χ4n) is 5.10. The third-order valence-electron chi connectivity index (χ3n) is 6.93. The van der Waals surface area contributed by atoms with Gasteiger partial charge in [-0.05, 0) is 37.1 Å². The average molecular weight is 499 g/mol. The van der Waals surface area contributed by atoms with Crippen molar-refractivity contribution in [2.24, 2.45) is 7.05 Å². The van der Waals surface area contributed by atoms with Crippen LogP contribution in [0.1, 0.15) is 12.0 Å². The first-order valence-corrected chi connectivity index (χ1v) is 12.0. The number of morpholine rings is 1. The Hall–Kier alpha value is -4.38. The van der Waals surface area contributed by atoms with Gasteiger partial charge in [-0.25, -0.2) is 29.3 Å². The number of fused-ring (bicyclic) bond motifs is 4. The van der Waals surface area contributed by atoms with Crippen molar-refractivity contribution in [3.05, 3.63) is 60.6 Å². The van der Waals surface area contributed by atoms with Gasteiger partial charge in [0.2, 0.25) is 5.95 Å². The molecule has 2 aromatic carbocycles. The summed E-state index contributed by atoms with van der Waals surface area (Å²) in [6, 6.07) is 9.07. The molecular formula is C26H23FN8O2. The number of hydrogen-bond acceptors (Lipinski definition) is 9. The second-order valence-electron chi connectivity index (χ2n) is 9.46. The zero-order valence-corrected chi connectivity index (χ0v) is 20.2. The number of ether oxygens (including phenoxy) is 2. The van der Waals surface area contributed by atoms with Gasteiger partial charge in [0.15, 0.2) is 11.6 Å². The minimum absolute atomic E-state index is 0.250. The number of aryl methyl sites for hydroxylation is 2. The molecule has 0 radical (unpaired) electrons. The lowest BCUT2D eigenvalue weighted by Gasteiger charge is -2.26. The first-order chi connectivity index (χ1) is 18.0. The highest BCUT2D eigenvalue weighted by molar-refractivity contribution is 5.87. The number of aromatic nitrogens is 6. The van der Waals surface area contributed by atoms with Crippen LogP contribution >= 0.6 is 0 Å². The summed E-state index contributed by atoms with van der Waals surface area (Å²) < 4.78 is 27.9. The summed E-state index contributed by atoms with van der Waals surface area (Å²) in [5, 5.41) is 3.35. The molecule has 2 atom stereocenters. The van der Waals surface area contributed by atoms with Gasteiger partial charge >= 0.3 is 0 Å². The fourth-order valence-corrected chi connectivity index (χ4v) is 5.10. The molecular weight excluding hydrogens is 475 g/mol. The Morgan fingerprint density at radius 3 is 2.84 bits per heavy atom. The van der Waals surface area contributed by atoms with Gasteiger partial charge in [0, 0.05) is 31.4 Å². The minimum Gasteiger partial charge on any atom is -0.457 e. The van der Waals surface area contributed by atoms with Gasteiger partial charge < -0.3 is 24.3 Å². The molecule has 2 fully saturated rings. The van der Waals surface area contributed by atoms with Crippen molar-refractivity contribution in [2.75, 3.05) is 23.4 Å². The van der Waals surface area contributed by atoms with Gasteiger partial charge in [-0.3, -0.25) is 0 Å². The molecule has 2 saturated heterocycles. The number of rotatable bonds is 5. The molecule has 2 unspecified atom stereocenters. The largest absolute Gasteiger partial charge is 0.457 e. The van der Waals surface area contributed by atoms with Gasteiger partial charge in [-0.15, -0.1) is 0 Å². The van der Waals surface area contributed by atoms with Crippen molar-refractivity contribution in [1.82, 2.24) is 29.5 Å². The summed E-state index contributed by atoms with van der Waals surface area (Å²) in [7, 11) is 1.76. The Morgan fingerprint density at radius 1 is 1.11 bits per heavy atom. The SMILES string of the molecule is Cc1cc(Nc2ncnc3cnc(N4CC5CC4CO5)nc23)ccc1Oc1cc(F)c2c(c1)ncn2C. The standard InChI is InChI=1S/C26H23FN8O2/c1-14-5-15(3-4-22(14)37-17-7-19(27)24-20(8-17)31-13-34(24)2)32-25-23-21(29-12-30-25)9-28-26(33-23)35-10-18-6-16(35)11-36-18/h3-5,7-9,12-13,16,18H,6,10-11H2,1-2H3,(H,29,30,32). The molecule has 11 heteroatoms. The topological polar surface area (TPSA) is 103 Å². The summed E-state index contributed by atoms with van der Waals surface area (Å²) in [5.41, 5.74) is 3.97. The molecule has 2 aliphatic heterocycles. The van der Waals surface area contributed by atoms with Crippen molar-refractivity contribution in [1.29, 1.82) is 0 Å². The predicted molar refractivity (Wildman–Crippen MR) is 136 cm³/mol. The van der Waals surface area contributed by atoms with Crippen molar-refractivity contribution in [2.45, 2.75) is 25.5 Å². The van der Waals surface area contributed by atoms with Gasteiger partial charge in [0.1, 0.15) is 34.4 Å².